The van der Waals surface area contributed by atoms with Gasteiger partial charge in [0.05, 0.1) is 5.41 Å². The molecule has 0 unspecified atom stereocenters. The quantitative estimate of drug-likeness (QED) is 0.866. The summed E-state index contributed by atoms with van der Waals surface area (Å²) in [5.41, 5.74) is 1.76. The highest BCUT2D eigenvalue weighted by Gasteiger charge is 2.26. The smallest absolute Gasteiger partial charge is 0.309 e. The summed E-state index contributed by atoms with van der Waals surface area (Å²) >= 11 is 0. The molecular weight excluding hydrogens is 244 g/mol. The second-order valence-corrected chi connectivity index (χ2v) is 5.28. The number of oxazole rings is 1. The first-order valence-corrected chi connectivity index (χ1v) is 6.23. The van der Waals surface area contributed by atoms with Gasteiger partial charge >= 0.3 is 5.97 Å². The Morgan fingerprint density at radius 2 is 2.21 bits per heavy atom. The van der Waals surface area contributed by atoms with Gasteiger partial charge in [0.15, 0.2) is 11.5 Å². The van der Waals surface area contributed by atoms with Crippen molar-refractivity contribution in [2.24, 2.45) is 5.41 Å². The van der Waals surface area contributed by atoms with Crippen molar-refractivity contribution in [3.05, 3.63) is 24.1 Å². The summed E-state index contributed by atoms with van der Waals surface area (Å²) in [6.45, 7) is 5.85. The number of hydrogen-bond donors (Lipinski definition) is 2. The zero-order valence-corrected chi connectivity index (χ0v) is 11.4. The van der Waals surface area contributed by atoms with Gasteiger partial charge in [-0.05, 0) is 38.5 Å². The average molecular weight is 262 g/mol. The number of aliphatic carboxylic acids is 1. The zero-order valence-electron chi connectivity index (χ0n) is 11.4. The van der Waals surface area contributed by atoms with E-state index < -0.39 is 11.4 Å². The van der Waals surface area contributed by atoms with Crippen LogP contribution in [0.25, 0.3) is 11.1 Å². The van der Waals surface area contributed by atoms with Crippen LogP contribution in [0, 0.1) is 12.3 Å². The molecule has 0 fully saturated rings. The van der Waals surface area contributed by atoms with E-state index in [9.17, 15) is 4.79 Å². The van der Waals surface area contributed by atoms with Crippen LogP contribution >= 0.6 is 0 Å². The van der Waals surface area contributed by atoms with E-state index in [2.05, 4.69) is 10.3 Å². The minimum atomic E-state index is -0.781. The molecule has 5 heteroatoms. The number of nitrogens with one attached hydrogen (secondary N) is 1. The van der Waals surface area contributed by atoms with Gasteiger partial charge in [0.25, 0.3) is 0 Å². The lowest BCUT2D eigenvalue weighted by Gasteiger charge is -2.19. The molecule has 2 N–H and O–H groups in total. The van der Waals surface area contributed by atoms with Gasteiger partial charge in [-0.15, -0.1) is 0 Å². The lowest BCUT2D eigenvalue weighted by Crippen LogP contribution is -2.26. The molecule has 2 aromatic rings. The number of carboxylic acid groups (broad SMARTS) is 1. The van der Waals surface area contributed by atoms with Gasteiger partial charge < -0.3 is 14.8 Å². The van der Waals surface area contributed by atoms with Crippen molar-refractivity contribution in [3.8, 4) is 0 Å². The molecule has 0 spiro atoms. The number of fused-ring (bicyclic) bond motifs is 1. The maximum Gasteiger partial charge on any atom is 0.309 e. The topological polar surface area (TPSA) is 75.4 Å². The number of nitrogens with zero attached hydrogens (tertiary/aromatic N) is 1. The Hall–Kier alpha value is -2.04. The molecule has 0 saturated carbocycles. The van der Waals surface area contributed by atoms with E-state index in [-0.39, 0.29) is 0 Å². The first kappa shape index (κ1) is 13.4. The molecule has 5 nitrogen and oxygen atoms in total. The zero-order chi connectivity index (χ0) is 14.0. The Kier molecular flexibility index (Phi) is 3.46. The van der Waals surface area contributed by atoms with Crippen molar-refractivity contribution in [1.29, 1.82) is 0 Å². The van der Waals surface area contributed by atoms with Crippen molar-refractivity contribution in [1.82, 2.24) is 4.98 Å². The predicted molar refractivity (Wildman–Crippen MR) is 73.3 cm³/mol. The predicted octanol–water partition coefficient (Wildman–Crippen LogP) is 3.05. The van der Waals surface area contributed by atoms with E-state index in [0.29, 0.717) is 18.9 Å². The first-order chi connectivity index (χ1) is 8.88. The van der Waals surface area contributed by atoms with Gasteiger partial charge in [0.2, 0.25) is 0 Å². The van der Waals surface area contributed by atoms with Crippen LogP contribution in [-0.4, -0.2) is 22.6 Å². The molecule has 0 radical (unpaired) electrons. The third-order valence-corrected chi connectivity index (χ3v) is 3.15. The minimum Gasteiger partial charge on any atom is -0.481 e. The number of anilines is 1. The van der Waals surface area contributed by atoms with Gasteiger partial charge in [-0.3, -0.25) is 4.79 Å². The lowest BCUT2D eigenvalue weighted by atomic mass is 9.90. The van der Waals surface area contributed by atoms with Gasteiger partial charge in [-0.2, -0.15) is 0 Å². The highest BCUT2D eigenvalue weighted by molar-refractivity contribution is 5.77. The van der Waals surface area contributed by atoms with Crippen LogP contribution in [0.15, 0.2) is 22.6 Å². The Morgan fingerprint density at radius 3 is 2.89 bits per heavy atom. The van der Waals surface area contributed by atoms with Gasteiger partial charge in [-0.1, -0.05) is 0 Å². The Labute approximate surface area is 111 Å². The van der Waals surface area contributed by atoms with Crippen LogP contribution in [-0.2, 0) is 4.79 Å². The Bertz CT molecular complexity index is 602. The molecule has 0 bridgehead atoms. The molecule has 2 rings (SSSR count). The molecule has 102 valence electrons. The summed E-state index contributed by atoms with van der Waals surface area (Å²) in [7, 11) is 0. The number of aryl methyl sites for hydroxylation is 1. The summed E-state index contributed by atoms with van der Waals surface area (Å²) in [5.74, 6) is -0.143. The fourth-order valence-corrected chi connectivity index (χ4v) is 1.78. The van der Waals surface area contributed by atoms with Crippen molar-refractivity contribution >= 4 is 22.8 Å². The second-order valence-electron chi connectivity index (χ2n) is 5.28. The van der Waals surface area contributed by atoms with Crippen LogP contribution in [0.3, 0.4) is 0 Å². The second kappa shape index (κ2) is 4.91. The van der Waals surface area contributed by atoms with E-state index in [1.165, 1.54) is 0 Å². The third kappa shape index (κ3) is 3.05. The normalized spacial score (nSPS) is 11.7. The van der Waals surface area contributed by atoms with Crippen LogP contribution in [0.5, 0.6) is 0 Å². The number of aromatic nitrogens is 1. The fourth-order valence-electron chi connectivity index (χ4n) is 1.78. The van der Waals surface area contributed by atoms with E-state index in [0.717, 1.165) is 16.8 Å². The number of carbonyl (C=O) groups is 1. The van der Waals surface area contributed by atoms with Gasteiger partial charge in [-0.25, -0.2) is 4.98 Å². The number of benzene rings is 1. The summed E-state index contributed by atoms with van der Waals surface area (Å²) in [5, 5.41) is 12.2. The lowest BCUT2D eigenvalue weighted by molar-refractivity contribution is -0.147. The molecule has 0 atom stereocenters. The van der Waals surface area contributed by atoms with Crippen LogP contribution in [0.2, 0.25) is 0 Å². The largest absolute Gasteiger partial charge is 0.481 e. The Morgan fingerprint density at radius 1 is 1.47 bits per heavy atom. The SMILES string of the molecule is Cc1nc2cc(NCCC(C)(C)C(=O)O)ccc2o1. The van der Waals surface area contributed by atoms with Crippen molar-refractivity contribution < 1.29 is 14.3 Å². The summed E-state index contributed by atoms with van der Waals surface area (Å²) in [6, 6.07) is 5.67. The average Bonchev–Trinajstić information content (AvgIpc) is 2.68. The van der Waals surface area contributed by atoms with E-state index in [4.69, 9.17) is 9.52 Å². The molecule has 1 heterocycles. The third-order valence-electron chi connectivity index (χ3n) is 3.15. The van der Waals surface area contributed by atoms with Crippen LogP contribution in [0.4, 0.5) is 5.69 Å². The molecular formula is C14H18N2O3. The van der Waals surface area contributed by atoms with E-state index in [1.54, 1.807) is 13.8 Å². The monoisotopic (exact) mass is 262 g/mol. The molecule has 0 aliphatic rings. The maximum absolute atomic E-state index is 11.0. The maximum atomic E-state index is 11.0. The van der Waals surface area contributed by atoms with E-state index >= 15 is 0 Å². The van der Waals surface area contributed by atoms with Crippen molar-refractivity contribution in [3.63, 3.8) is 0 Å². The minimum absolute atomic E-state index is 0.554. The van der Waals surface area contributed by atoms with Gasteiger partial charge in [0.1, 0.15) is 5.52 Å². The first-order valence-electron chi connectivity index (χ1n) is 6.23. The highest BCUT2D eigenvalue weighted by Crippen LogP contribution is 2.22. The molecule has 1 aromatic heterocycles. The molecule has 1 aromatic carbocycles. The Balaban J connectivity index is 2.00. The fraction of sp³-hybridized carbons (Fsp3) is 0.429. The summed E-state index contributed by atoms with van der Waals surface area (Å²) in [4.78, 5) is 15.2. The molecule has 0 aliphatic heterocycles. The van der Waals surface area contributed by atoms with E-state index in [1.807, 2.05) is 25.1 Å². The molecule has 0 saturated heterocycles. The van der Waals surface area contributed by atoms with Crippen LogP contribution in [0.1, 0.15) is 26.2 Å². The molecule has 0 aliphatic carbocycles. The van der Waals surface area contributed by atoms with Crippen molar-refractivity contribution in [2.75, 3.05) is 11.9 Å². The number of hydrogen-bond acceptors (Lipinski definition) is 4. The molecule has 19 heavy (non-hydrogen) atoms. The number of rotatable bonds is 5. The van der Waals surface area contributed by atoms with Crippen LogP contribution < -0.4 is 5.32 Å². The summed E-state index contributed by atoms with van der Waals surface area (Å²) < 4.78 is 5.40. The standard InChI is InChI=1S/C14H18N2O3/c1-9-16-11-8-10(4-5-12(11)19-9)15-7-6-14(2,3)13(17)18/h4-5,8,15H,6-7H2,1-3H3,(H,17,18). The van der Waals surface area contributed by atoms with Gasteiger partial charge in [0, 0.05) is 19.2 Å². The van der Waals surface area contributed by atoms with Crippen molar-refractivity contribution in [2.45, 2.75) is 27.2 Å². The summed E-state index contributed by atoms with van der Waals surface area (Å²) in [6.07, 6.45) is 0.554. The highest BCUT2D eigenvalue weighted by atomic mass is 16.4. The number of carboxylic acids is 1. The molecule has 0 amide bonds.